The van der Waals surface area contributed by atoms with Crippen LogP contribution in [0, 0.1) is 0 Å². The molecular weight excluding hydrogens is 432 g/mol. The van der Waals surface area contributed by atoms with Crippen LogP contribution in [0.3, 0.4) is 0 Å². The lowest BCUT2D eigenvalue weighted by Gasteiger charge is -2.27. The van der Waals surface area contributed by atoms with E-state index in [0.717, 1.165) is 24.8 Å². The summed E-state index contributed by atoms with van der Waals surface area (Å²) in [6.07, 6.45) is 3.19. The Morgan fingerprint density at radius 1 is 1.06 bits per heavy atom. The highest BCUT2D eigenvalue weighted by Crippen LogP contribution is 2.40. The van der Waals surface area contributed by atoms with E-state index in [1.54, 1.807) is 36.3 Å². The van der Waals surface area contributed by atoms with Crippen molar-refractivity contribution in [3.63, 3.8) is 0 Å². The molecule has 0 N–H and O–H groups in total. The molecule has 34 heavy (non-hydrogen) atoms. The zero-order valence-electron chi connectivity index (χ0n) is 20.3. The molecule has 0 radical (unpaired) electrons. The summed E-state index contributed by atoms with van der Waals surface area (Å²) in [5.74, 6) is 1.07. The maximum Gasteiger partial charge on any atom is 0.290 e. The van der Waals surface area contributed by atoms with Crippen LogP contribution in [-0.2, 0) is 0 Å². The Morgan fingerprint density at radius 2 is 1.85 bits per heavy atom. The SMILES string of the molecule is CCCCCOc1ccc(C2c3c(oc4ccccc4c3=O)C(=O)N2CCN(C)C)cc1OC. The highest BCUT2D eigenvalue weighted by molar-refractivity contribution is 5.99. The van der Waals surface area contributed by atoms with E-state index in [2.05, 4.69) is 6.92 Å². The average Bonchev–Trinajstić information content (AvgIpc) is 3.12. The number of amides is 1. The average molecular weight is 465 g/mol. The normalized spacial score (nSPS) is 15.3. The predicted molar refractivity (Wildman–Crippen MR) is 132 cm³/mol. The molecule has 2 aromatic carbocycles. The highest BCUT2D eigenvalue weighted by atomic mass is 16.5. The molecule has 4 rings (SSSR count). The number of carbonyl (C=O) groups is 1. The van der Waals surface area contributed by atoms with Gasteiger partial charge in [-0.1, -0.05) is 38.0 Å². The molecule has 0 aliphatic carbocycles. The smallest absolute Gasteiger partial charge is 0.290 e. The summed E-state index contributed by atoms with van der Waals surface area (Å²) in [7, 11) is 5.50. The molecule has 1 atom stereocenters. The van der Waals surface area contributed by atoms with Gasteiger partial charge in [0, 0.05) is 13.1 Å². The topological polar surface area (TPSA) is 72.2 Å². The molecule has 7 heteroatoms. The van der Waals surface area contributed by atoms with E-state index in [9.17, 15) is 9.59 Å². The Balaban J connectivity index is 1.79. The van der Waals surface area contributed by atoms with Crippen LogP contribution in [0.1, 0.15) is 53.9 Å². The number of para-hydroxylation sites is 1. The number of hydrogen-bond acceptors (Lipinski definition) is 6. The van der Waals surface area contributed by atoms with Crippen molar-refractivity contribution in [1.82, 2.24) is 9.80 Å². The fraction of sp³-hybridized carbons (Fsp3) is 0.407. The van der Waals surface area contributed by atoms with Gasteiger partial charge >= 0.3 is 0 Å². The van der Waals surface area contributed by atoms with Gasteiger partial charge in [0.15, 0.2) is 16.9 Å². The first-order chi connectivity index (χ1) is 16.5. The Labute approximate surface area is 199 Å². The van der Waals surface area contributed by atoms with Gasteiger partial charge in [0.05, 0.1) is 30.7 Å². The molecule has 2 heterocycles. The summed E-state index contributed by atoms with van der Waals surface area (Å²) in [6.45, 7) is 3.87. The second-order valence-electron chi connectivity index (χ2n) is 8.84. The van der Waals surface area contributed by atoms with Crippen molar-refractivity contribution in [2.75, 3.05) is 40.9 Å². The molecular formula is C27H32N2O5. The van der Waals surface area contributed by atoms with Crippen molar-refractivity contribution in [3.05, 3.63) is 69.6 Å². The van der Waals surface area contributed by atoms with Crippen molar-refractivity contribution in [3.8, 4) is 11.5 Å². The van der Waals surface area contributed by atoms with Crippen LogP contribution >= 0.6 is 0 Å². The predicted octanol–water partition coefficient (Wildman–Crippen LogP) is 4.48. The van der Waals surface area contributed by atoms with Gasteiger partial charge in [-0.15, -0.1) is 0 Å². The van der Waals surface area contributed by atoms with E-state index < -0.39 is 6.04 Å². The van der Waals surface area contributed by atoms with Crippen LogP contribution in [0.5, 0.6) is 11.5 Å². The van der Waals surface area contributed by atoms with Gasteiger partial charge in [-0.2, -0.15) is 0 Å². The molecule has 0 saturated heterocycles. The van der Waals surface area contributed by atoms with Crippen molar-refractivity contribution in [2.24, 2.45) is 0 Å². The monoisotopic (exact) mass is 464 g/mol. The first-order valence-corrected chi connectivity index (χ1v) is 11.8. The molecule has 1 aliphatic heterocycles. The standard InChI is InChI=1S/C27H32N2O5/c1-5-6-9-16-33-21-13-12-18(17-22(21)32-4)24-23-25(30)19-10-7-8-11-20(19)34-26(23)27(31)29(24)15-14-28(2)3/h7-8,10-13,17,24H,5-6,9,14-16H2,1-4H3. The number of methoxy groups -OCH3 is 1. The largest absolute Gasteiger partial charge is 0.493 e. The van der Waals surface area contributed by atoms with E-state index in [0.29, 0.717) is 47.7 Å². The minimum Gasteiger partial charge on any atom is -0.493 e. The molecule has 0 bridgehead atoms. The third-order valence-electron chi connectivity index (χ3n) is 6.17. The van der Waals surface area contributed by atoms with Crippen molar-refractivity contribution in [2.45, 2.75) is 32.2 Å². The molecule has 1 aliphatic rings. The molecule has 0 spiro atoms. The third kappa shape index (κ3) is 4.53. The van der Waals surface area contributed by atoms with Crippen LogP contribution in [0.25, 0.3) is 11.0 Å². The summed E-state index contributed by atoms with van der Waals surface area (Å²) in [4.78, 5) is 30.7. The number of nitrogens with zero attached hydrogens (tertiary/aromatic N) is 2. The molecule has 180 valence electrons. The number of benzene rings is 2. The van der Waals surface area contributed by atoms with Gasteiger partial charge in [0.1, 0.15) is 5.58 Å². The van der Waals surface area contributed by atoms with E-state index in [4.69, 9.17) is 13.9 Å². The maximum atomic E-state index is 13.6. The minimum absolute atomic E-state index is 0.117. The van der Waals surface area contributed by atoms with Gasteiger partial charge in [-0.25, -0.2) is 0 Å². The summed E-state index contributed by atoms with van der Waals surface area (Å²) in [5, 5.41) is 0.469. The van der Waals surface area contributed by atoms with Gasteiger partial charge < -0.3 is 23.7 Å². The van der Waals surface area contributed by atoms with Gasteiger partial charge in [-0.3, -0.25) is 9.59 Å². The number of fused-ring (bicyclic) bond motifs is 2. The first-order valence-electron chi connectivity index (χ1n) is 11.8. The second-order valence-corrected chi connectivity index (χ2v) is 8.84. The lowest BCUT2D eigenvalue weighted by molar-refractivity contribution is 0.0716. The van der Waals surface area contributed by atoms with E-state index >= 15 is 0 Å². The maximum absolute atomic E-state index is 13.6. The summed E-state index contributed by atoms with van der Waals surface area (Å²) in [6, 6.07) is 12.1. The van der Waals surface area contributed by atoms with Crippen molar-refractivity contribution < 1.29 is 18.7 Å². The fourth-order valence-corrected chi connectivity index (χ4v) is 4.36. The lowest BCUT2D eigenvalue weighted by atomic mass is 9.98. The molecule has 1 amide bonds. The van der Waals surface area contributed by atoms with Crippen molar-refractivity contribution in [1.29, 1.82) is 0 Å². The fourth-order valence-electron chi connectivity index (χ4n) is 4.36. The van der Waals surface area contributed by atoms with E-state index in [1.165, 1.54) is 0 Å². The quantitative estimate of drug-likeness (QED) is 0.412. The number of hydrogen-bond donors (Lipinski definition) is 0. The molecule has 0 fully saturated rings. The number of ether oxygens (including phenoxy) is 2. The number of likely N-dealkylation sites (N-methyl/N-ethyl adjacent to an activating group) is 1. The van der Waals surface area contributed by atoms with Crippen LogP contribution in [0.2, 0.25) is 0 Å². The Hall–Kier alpha value is -3.32. The lowest BCUT2D eigenvalue weighted by Crippen LogP contribution is -2.35. The highest BCUT2D eigenvalue weighted by Gasteiger charge is 2.42. The summed E-state index contributed by atoms with van der Waals surface area (Å²) >= 11 is 0. The number of carbonyl (C=O) groups excluding carboxylic acids is 1. The Kier molecular flexibility index (Phi) is 7.22. The molecule has 1 unspecified atom stereocenters. The number of unbranched alkanes of at least 4 members (excludes halogenated alkanes) is 2. The third-order valence-corrected chi connectivity index (χ3v) is 6.17. The van der Waals surface area contributed by atoms with E-state index in [-0.39, 0.29) is 17.1 Å². The van der Waals surface area contributed by atoms with Crippen LogP contribution in [0.4, 0.5) is 0 Å². The van der Waals surface area contributed by atoms with Crippen LogP contribution in [-0.4, -0.2) is 56.6 Å². The Bertz CT molecular complexity index is 1230. The first kappa shape index (κ1) is 23.8. The molecule has 3 aromatic rings. The zero-order chi connectivity index (χ0) is 24.2. The van der Waals surface area contributed by atoms with E-state index in [1.807, 2.05) is 37.2 Å². The molecule has 1 aromatic heterocycles. The van der Waals surface area contributed by atoms with Gasteiger partial charge in [0.2, 0.25) is 5.76 Å². The number of rotatable bonds is 10. The zero-order valence-corrected chi connectivity index (χ0v) is 20.3. The minimum atomic E-state index is -0.564. The summed E-state index contributed by atoms with van der Waals surface area (Å²) < 4.78 is 17.5. The summed E-state index contributed by atoms with van der Waals surface area (Å²) in [5.41, 5.74) is 1.40. The van der Waals surface area contributed by atoms with Gasteiger partial charge in [-0.05, 0) is 50.3 Å². The van der Waals surface area contributed by atoms with Crippen LogP contribution in [0.15, 0.2) is 51.7 Å². The molecule has 0 saturated carbocycles. The second kappa shape index (κ2) is 10.3. The van der Waals surface area contributed by atoms with Crippen LogP contribution < -0.4 is 14.9 Å². The van der Waals surface area contributed by atoms with Crippen molar-refractivity contribution >= 4 is 16.9 Å². The van der Waals surface area contributed by atoms with Gasteiger partial charge in [0.25, 0.3) is 5.91 Å². The molecule has 7 nitrogen and oxygen atoms in total. The Morgan fingerprint density at radius 3 is 2.59 bits per heavy atom.